The van der Waals surface area contributed by atoms with E-state index in [1.807, 2.05) is 36.6 Å². The van der Waals surface area contributed by atoms with Crippen LogP contribution in [0.3, 0.4) is 0 Å². The van der Waals surface area contributed by atoms with E-state index in [0.717, 1.165) is 28.4 Å². The van der Waals surface area contributed by atoms with Gasteiger partial charge in [0.1, 0.15) is 10.8 Å². The summed E-state index contributed by atoms with van der Waals surface area (Å²) in [6.45, 7) is 4.08. The first-order valence-corrected chi connectivity index (χ1v) is 8.38. The Morgan fingerprint density at radius 2 is 2.09 bits per heavy atom. The Labute approximate surface area is 135 Å². The number of methoxy groups -OCH3 is 1. The molecule has 0 aliphatic carbocycles. The molecule has 1 atom stereocenters. The van der Waals surface area contributed by atoms with Crippen LogP contribution in [0.2, 0.25) is 0 Å². The van der Waals surface area contributed by atoms with Crippen molar-refractivity contribution in [3.8, 4) is 16.3 Å². The summed E-state index contributed by atoms with van der Waals surface area (Å²) >= 11 is 1.60. The van der Waals surface area contributed by atoms with Gasteiger partial charge in [0.05, 0.1) is 12.8 Å². The Balaban J connectivity index is 1.92. The lowest BCUT2D eigenvalue weighted by Crippen LogP contribution is -2.32. The highest BCUT2D eigenvalue weighted by Crippen LogP contribution is 2.26. The van der Waals surface area contributed by atoms with Gasteiger partial charge in [-0.1, -0.05) is 6.92 Å². The minimum absolute atomic E-state index is 0.0911. The third kappa shape index (κ3) is 4.56. The first-order chi connectivity index (χ1) is 10.6. The molecule has 2 rings (SSSR count). The number of nitrogens with zero attached hydrogens (tertiary/aromatic N) is 1. The molecule has 0 saturated heterocycles. The molecule has 5 heteroatoms. The molecule has 0 radical (unpaired) electrons. The molecular formula is C17H22N2O2S. The minimum atomic E-state index is 0.0911. The first-order valence-electron chi connectivity index (χ1n) is 7.50. The van der Waals surface area contributed by atoms with E-state index < -0.39 is 0 Å². The average molecular weight is 318 g/mol. The number of benzene rings is 1. The Morgan fingerprint density at radius 1 is 1.36 bits per heavy atom. The largest absolute Gasteiger partial charge is 0.497 e. The van der Waals surface area contributed by atoms with Gasteiger partial charge < -0.3 is 10.1 Å². The van der Waals surface area contributed by atoms with Gasteiger partial charge in [0, 0.05) is 23.4 Å². The van der Waals surface area contributed by atoms with E-state index in [2.05, 4.69) is 17.2 Å². The number of ether oxygens (including phenoxy) is 1. The maximum atomic E-state index is 11.8. The van der Waals surface area contributed by atoms with Gasteiger partial charge in [0.2, 0.25) is 5.91 Å². The van der Waals surface area contributed by atoms with Crippen LogP contribution in [0.15, 0.2) is 29.6 Å². The molecule has 1 heterocycles. The number of rotatable bonds is 7. The summed E-state index contributed by atoms with van der Waals surface area (Å²) in [4.78, 5) is 16.4. The molecular weight excluding hydrogens is 296 g/mol. The number of hydrogen-bond donors (Lipinski definition) is 1. The number of carbonyl (C=O) groups excluding carboxylic acids is 1. The topological polar surface area (TPSA) is 51.2 Å². The number of aryl methyl sites for hydroxylation is 1. The van der Waals surface area contributed by atoms with Crippen LogP contribution in [-0.4, -0.2) is 24.0 Å². The predicted octanol–water partition coefficient (Wildman–Crippen LogP) is 3.67. The van der Waals surface area contributed by atoms with Gasteiger partial charge in [-0.15, -0.1) is 11.3 Å². The highest BCUT2D eigenvalue weighted by molar-refractivity contribution is 7.13. The SMILES string of the molecule is CCC(C)NC(=O)CCc1csc(-c2ccc(OC)cc2)n1. The van der Waals surface area contributed by atoms with Crippen molar-refractivity contribution in [1.29, 1.82) is 0 Å². The fraction of sp³-hybridized carbons (Fsp3) is 0.412. The normalized spacial score (nSPS) is 12.0. The van der Waals surface area contributed by atoms with E-state index in [9.17, 15) is 4.79 Å². The lowest BCUT2D eigenvalue weighted by molar-refractivity contribution is -0.121. The molecule has 0 fully saturated rings. The number of hydrogen-bond acceptors (Lipinski definition) is 4. The summed E-state index contributed by atoms with van der Waals surface area (Å²) in [5.74, 6) is 0.926. The van der Waals surface area contributed by atoms with Crippen molar-refractivity contribution in [3.05, 3.63) is 35.3 Å². The number of nitrogens with one attached hydrogen (secondary N) is 1. The highest BCUT2D eigenvalue weighted by Gasteiger charge is 2.09. The lowest BCUT2D eigenvalue weighted by Gasteiger charge is -2.10. The average Bonchev–Trinajstić information content (AvgIpc) is 3.02. The van der Waals surface area contributed by atoms with Crippen molar-refractivity contribution in [1.82, 2.24) is 10.3 Å². The molecule has 22 heavy (non-hydrogen) atoms. The van der Waals surface area contributed by atoms with Gasteiger partial charge in [-0.2, -0.15) is 0 Å². The maximum absolute atomic E-state index is 11.8. The third-order valence-corrected chi connectivity index (χ3v) is 4.46. The Bertz CT molecular complexity index is 607. The molecule has 0 aliphatic rings. The second kappa shape index (κ2) is 7.94. The predicted molar refractivity (Wildman–Crippen MR) is 90.3 cm³/mol. The molecule has 1 unspecified atom stereocenters. The molecule has 0 saturated carbocycles. The number of thiazole rings is 1. The van der Waals surface area contributed by atoms with Crippen molar-refractivity contribution in [3.63, 3.8) is 0 Å². The van der Waals surface area contributed by atoms with E-state index >= 15 is 0 Å². The molecule has 1 aromatic heterocycles. The van der Waals surface area contributed by atoms with Gasteiger partial charge in [-0.05, 0) is 44.0 Å². The summed E-state index contributed by atoms with van der Waals surface area (Å²) in [7, 11) is 1.65. The summed E-state index contributed by atoms with van der Waals surface area (Å²) in [5.41, 5.74) is 2.04. The number of amides is 1. The summed E-state index contributed by atoms with van der Waals surface area (Å²) in [6.07, 6.45) is 2.11. The van der Waals surface area contributed by atoms with Crippen LogP contribution in [0.25, 0.3) is 10.6 Å². The molecule has 4 nitrogen and oxygen atoms in total. The van der Waals surface area contributed by atoms with Crippen molar-refractivity contribution < 1.29 is 9.53 Å². The van der Waals surface area contributed by atoms with Gasteiger partial charge in [0.15, 0.2) is 0 Å². The van der Waals surface area contributed by atoms with E-state index in [1.165, 1.54) is 0 Å². The fourth-order valence-electron chi connectivity index (χ4n) is 1.98. The Hall–Kier alpha value is -1.88. The van der Waals surface area contributed by atoms with Crippen LogP contribution in [0.5, 0.6) is 5.75 Å². The van der Waals surface area contributed by atoms with Crippen molar-refractivity contribution >= 4 is 17.2 Å². The lowest BCUT2D eigenvalue weighted by atomic mass is 10.2. The third-order valence-electron chi connectivity index (χ3n) is 3.52. The molecule has 2 aromatic rings. The van der Waals surface area contributed by atoms with Crippen LogP contribution in [0, 0.1) is 0 Å². The Morgan fingerprint density at radius 3 is 2.73 bits per heavy atom. The van der Waals surface area contributed by atoms with Crippen LogP contribution in [-0.2, 0) is 11.2 Å². The van der Waals surface area contributed by atoms with Crippen LogP contribution in [0.1, 0.15) is 32.4 Å². The van der Waals surface area contributed by atoms with Gasteiger partial charge in [-0.3, -0.25) is 4.79 Å². The standard InChI is InChI=1S/C17H22N2O2S/c1-4-12(2)18-16(20)10-7-14-11-22-17(19-14)13-5-8-15(21-3)9-6-13/h5-6,8-9,11-12H,4,7,10H2,1-3H3,(H,18,20). The van der Waals surface area contributed by atoms with Crippen LogP contribution in [0.4, 0.5) is 0 Å². The fourth-order valence-corrected chi connectivity index (χ4v) is 2.84. The summed E-state index contributed by atoms with van der Waals surface area (Å²) in [6, 6.07) is 8.08. The van der Waals surface area contributed by atoms with Gasteiger partial charge in [0.25, 0.3) is 0 Å². The smallest absolute Gasteiger partial charge is 0.220 e. The van der Waals surface area contributed by atoms with Gasteiger partial charge >= 0.3 is 0 Å². The van der Waals surface area contributed by atoms with Gasteiger partial charge in [-0.25, -0.2) is 4.98 Å². The highest BCUT2D eigenvalue weighted by atomic mass is 32.1. The summed E-state index contributed by atoms with van der Waals surface area (Å²) in [5, 5.41) is 5.97. The molecule has 1 amide bonds. The Kier molecular flexibility index (Phi) is 5.95. The number of aromatic nitrogens is 1. The molecule has 0 aliphatic heterocycles. The van der Waals surface area contributed by atoms with E-state index in [1.54, 1.807) is 18.4 Å². The molecule has 0 spiro atoms. The molecule has 118 valence electrons. The molecule has 1 N–H and O–H groups in total. The van der Waals surface area contributed by atoms with Crippen molar-refractivity contribution in [2.45, 2.75) is 39.2 Å². The zero-order chi connectivity index (χ0) is 15.9. The van der Waals surface area contributed by atoms with Crippen LogP contribution < -0.4 is 10.1 Å². The number of carbonyl (C=O) groups is 1. The minimum Gasteiger partial charge on any atom is -0.497 e. The second-order valence-corrected chi connectivity index (χ2v) is 6.11. The zero-order valence-corrected chi connectivity index (χ0v) is 14.1. The van der Waals surface area contributed by atoms with Crippen molar-refractivity contribution in [2.75, 3.05) is 7.11 Å². The van der Waals surface area contributed by atoms with Crippen LogP contribution >= 0.6 is 11.3 Å². The monoisotopic (exact) mass is 318 g/mol. The first kappa shape index (κ1) is 16.5. The zero-order valence-electron chi connectivity index (χ0n) is 13.3. The molecule has 1 aromatic carbocycles. The van der Waals surface area contributed by atoms with E-state index in [0.29, 0.717) is 12.8 Å². The second-order valence-electron chi connectivity index (χ2n) is 5.25. The quantitative estimate of drug-likeness (QED) is 0.847. The summed E-state index contributed by atoms with van der Waals surface area (Å²) < 4.78 is 5.15. The van der Waals surface area contributed by atoms with E-state index in [-0.39, 0.29) is 11.9 Å². The molecule has 0 bridgehead atoms. The maximum Gasteiger partial charge on any atom is 0.220 e. The van der Waals surface area contributed by atoms with E-state index in [4.69, 9.17) is 4.74 Å². The van der Waals surface area contributed by atoms with Crippen molar-refractivity contribution in [2.24, 2.45) is 0 Å².